The zero-order valence-electron chi connectivity index (χ0n) is 12.5. The van der Waals surface area contributed by atoms with Crippen LogP contribution in [-0.2, 0) is 16.1 Å². The zero-order chi connectivity index (χ0) is 15.5. The van der Waals surface area contributed by atoms with Crippen molar-refractivity contribution in [3.8, 4) is 0 Å². The maximum absolute atomic E-state index is 11.6. The first-order valence-electron chi connectivity index (χ1n) is 7.38. The summed E-state index contributed by atoms with van der Waals surface area (Å²) >= 11 is 0. The van der Waals surface area contributed by atoms with E-state index in [1.807, 2.05) is 24.3 Å². The number of amides is 1. The van der Waals surface area contributed by atoms with Crippen molar-refractivity contribution in [3.63, 3.8) is 0 Å². The molecule has 0 fully saturated rings. The number of hydrogen-bond acceptors (Lipinski definition) is 2. The molecule has 0 bridgehead atoms. The molecule has 4 heteroatoms. The third-order valence-corrected chi connectivity index (χ3v) is 3.15. The molecule has 0 radical (unpaired) electrons. The Morgan fingerprint density at radius 2 is 1.86 bits per heavy atom. The molecule has 21 heavy (non-hydrogen) atoms. The first kappa shape index (κ1) is 17.0. The van der Waals surface area contributed by atoms with Gasteiger partial charge in [-0.1, -0.05) is 50.5 Å². The Balaban J connectivity index is 2.32. The summed E-state index contributed by atoms with van der Waals surface area (Å²) in [5, 5.41) is 11.4. The van der Waals surface area contributed by atoms with Crippen LogP contribution in [0.1, 0.15) is 50.2 Å². The summed E-state index contributed by atoms with van der Waals surface area (Å²) in [5.41, 5.74) is 1.83. The highest BCUT2D eigenvalue weighted by Gasteiger charge is 2.01. The maximum Gasteiger partial charge on any atom is 0.328 e. The van der Waals surface area contributed by atoms with Crippen LogP contribution in [-0.4, -0.2) is 17.0 Å². The summed E-state index contributed by atoms with van der Waals surface area (Å²) in [5.74, 6) is -0.879. The number of carboxylic acids is 1. The topological polar surface area (TPSA) is 66.4 Å². The van der Waals surface area contributed by atoms with Gasteiger partial charge in [-0.2, -0.15) is 0 Å². The van der Waals surface area contributed by atoms with E-state index in [1.165, 1.54) is 12.8 Å². The lowest BCUT2D eigenvalue weighted by molar-refractivity contribution is -0.131. The van der Waals surface area contributed by atoms with Gasteiger partial charge in [0.1, 0.15) is 0 Å². The van der Waals surface area contributed by atoms with Crippen LogP contribution in [0.5, 0.6) is 0 Å². The van der Waals surface area contributed by atoms with E-state index < -0.39 is 5.97 Å². The molecule has 0 unspecified atom stereocenters. The Labute approximate surface area is 125 Å². The average Bonchev–Trinajstić information content (AvgIpc) is 2.48. The summed E-state index contributed by atoms with van der Waals surface area (Å²) in [7, 11) is 0. The molecular weight excluding hydrogens is 266 g/mol. The minimum atomic E-state index is -0.964. The maximum atomic E-state index is 11.6. The molecule has 0 aliphatic carbocycles. The summed E-state index contributed by atoms with van der Waals surface area (Å²) in [6.07, 6.45) is 7.63. The highest BCUT2D eigenvalue weighted by Crippen LogP contribution is 2.07. The van der Waals surface area contributed by atoms with Crippen LogP contribution in [0.4, 0.5) is 0 Å². The van der Waals surface area contributed by atoms with E-state index in [1.54, 1.807) is 6.08 Å². The number of benzene rings is 1. The number of nitrogens with one attached hydrogen (secondary N) is 1. The van der Waals surface area contributed by atoms with Crippen LogP contribution in [0.3, 0.4) is 0 Å². The Hall–Kier alpha value is -2.10. The quantitative estimate of drug-likeness (QED) is 0.541. The molecule has 0 aromatic heterocycles. The molecular formula is C17H23NO3. The summed E-state index contributed by atoms with van der Waals surface area (Å²) in [6, 6.07) is 7.45. The molecule has 1 aromatic carbocycles. The molecule has 0 spiro atoms. The Morgan fingerprint density at radius 1 is 1.14 bits per heavy atom. The van der Waals surface area contributed by atoms with Crippen molar-refractivity contribution in [3.05, 3.63) is 41.5 Å². The van der Waals surface area contributed by atoms with E-state index in [2.05, 4.69) is 12.2 Å². The van der Waals surface area contributed by atoms with Gasteiger partial charge in [-0.15, -0.1) is 0 Å². The van der Waals surface area contributed by atoms with E-state index >= 15 is 0 Å². The van der Waals surface area contributed by atoms with Crippen molar-refractivity contribution in [2.45, 2.75) is 45.6 Å². The molecule has 0 heterocycles. The molecule has 2 N–H and O–H groups in total. The number of carboxylic acid groups (broad SMARTS) is 1. The lowest BCUT2D eigenvalue weighted by Crippen LogP contribution is -2.22. The van der Waals surface area contributed by atoms with E-state index in [9.17, 15) is 9.59 Å². The highest BCUT2D eigenvalue weighted by molar-refractivity contribution is 5.85. The monoisotopic (exact) mass is 289 g/mol. The molecule has 0 aliphatic rings. The SMILES string of the molecule is CCCCCCC(=O)NCc1ccc(/C=C/C(=O)O)cc1. The normalized spacial score (nSPS) is 10.7. The average molecular weight is 289 g/mol. The predicted octanol–water partition coefficient (Wildman–Crippen LogP) is 3.37. The van der Waals surface area contributed by atoms with Gasteiger partial charge in [0.05, 0.1) is 0 Å². The third kappa shape index (κ3) is 7.92. The lowest BCUT2D eigenvalue weighted by Gasteiger charge is -2.05. The van der Waals surface area contributed by atoms with Gasteiger partial charge in [0.25, 0.3) is 0 Å². The first-order chi connectivity index (χ1) is 10.1. The van der Waals surface area contributed by atoms with Crippen LogP contribution in [0.25, 0.3) is 6.08 Å². The van der Waals surface area contributed by atoms with Crippen LogP contribution < -0.4 is 5.32 Å². The minimum absolute atomic E-state index is 0.0842. The second-order valence-corrected chi connectivity index (χ2v) is 5.00. The van der Waals surface area contributed by atoms with Gasteiger partial charge in [-0.05, 0) is 23.6 Å². The Kier molecular flexibility index (Phi) is 7.87. The molecule has 114 valence electrons. The Bertz CT molecular complexity index is 477. The second-order valence-electron chi connectivity index (χ2n) is 5.00. The van der Waals surface area contributed by atoms with Crippen molar-refractivity contribution < 1.29 is 14.7 Å². The molecule has 1 rings (SSSR count). The number of aliphatic carboxylic acids is 1. The fraction of sp³-hybridized carbons (Fsp3) is 0.412. The molecule has 0 aliphatic heterocycles. The van der Waals surface area contributed by atoms with Crippen LogP contribution in [0.15, 0.2) is 30.3 Å². The standard InChI is InChI=1S/C17H23NO3/c1-2-3-4-5-6-16(19)18-13-15-9-7-14(8-10-15)11-12-17(20)21/h7-12H,2-6,13H2,1H3,(H,18,19)(H,20,21)/b12-11+. The van der Waals surface area contributed by atoms with Gasteiger partial charge in [0, 0.05) is 19.0 Å². The zero-order valence-corrected chi connectivity index (χ0v) is 12.5. The van der Waals surface area contributed by atoms with Gasteiger partial charge >= 0.3 is 5.97 Å². The van der Waals surface area contributed by atoms with Crippen molar-refractivity contribution >= 4 is 18.0 Å². The summed E-state index contributed by atoms with van der Waals surface area (Å²) in [4.78, 5) is 22.0. The number of hydrogen-bond donors (Lipinski definition) is 2. The molecule has 0 saturated heterocycles. The molecule has 1 amide bonds. The fourth-order valence-corrected chi connectivity index (χ4v) is 1.92. The predicted molar refractivity (Wildman–Crippen MR) is 83.7 cm³/mol. The number of unbranched alkanes of at least 4 members (excludes halogenated alkanes) is 3. The van der Waals surface area contributed by atoms with E-state index in [0.717, 1.165) is 30.0 Å². The first-order valence-corrected chi connectivity index (χ1v) is 7.38. The van der Waals surface area contributed by atoms with E-state index in [-0.39, 0.29) is 5.91 Å². The van der Waals surface area contributed by atoms with E-state index in [0.29, 0.717) is 13.0 Å². The van der Waals surface area contributed by atoms with Gasteiger partial charge in [0.2, 0.25) is 5.91 Å². The lowest BCUT2D eigenvalue weighted by atomic mass is 10.1. The summed E-state index contributed by atoms with van der Waals surface area (Å²) < 4.78 is 0. The van der Waals surface area contributed by atoms with Gasteiger partial charge in [0.15, 0.2) is 0 Å². The highest BCUT2D eigenvalue weighted by atomic mass is 16.4. The molecule has 1 aromatic rings. The van der Waals surface area contributed by atoms with Crippen molar-refractivity contribution in [2.24, 2.45) is 0 Å². The minimum Gasteiger partial charge on any atom is -0.478 e. The third-order valence-electron chi connectivity index (χ3n) is 3.15. The van der Waals surface area contributed by atoms with Crippen LogP contribution in [0, 0.1) is 0 Å². The molecule has 4 nitrogen and oxygen atoms in total. The number of carbonyl (C=O) groups is 2. The van der Waals surface area contributed by atoms with Crippen LogP contribution >= 0.6 is 0 Å². The summed E-state index contributed by atoms with van der Waals surface area (Å²) in [6.45, 7) is 2.66. The number of carbonyl (C=O) groups excluding carboxylic acids is 1. The van der Waals surface area contributed by atoms with Crippen molar-refractivity contribution in [1.82, 2.24) is 5.32 Å². The van der Waals surface area contributed by atoms with Gasteiger partial charge in [-0.3, -0.25) is 4.79 Å². The smallest absolute Gasteiger partial charge is 0.328 e. The van der Waals surface area contributed by atoms with Gasteiger partial charge in [-0.25, -0.2) is 4.79 Å². The van der Waals surface area contributed by atoms with Crippen LogP contribution in [0.2, 0.25) is 0 Å². The second kappa shape index (κ2) is 9.75. The molecule has 0 atom stereocenters. The van der Waals surface area contributed by atoms with Crippen molar-refractivity contribution in [2.75, 3.05) is 0 Å². The fourth-order valence-electron chi connectivity index (χ4n) is 1.92. The number of rotatable bonds is 9. The van der Waals surface area contributed by atoms with Crippen molar-refractivity contribution in [1.29, 1.82) is 0 Å². The largest absolute Gasteiger partial charge is 0.478 e. The molecule has 0 saturated carbocycles. The Morgan fingerprint density at radius 3 is 2.48 bits per heavy atom. The van der Waals surface area contributed by atoms with Gasteiger partial charge < -0.3 is 10.4 Å². The van der Waals surface area contributed by atoms with E-state index in [4.69, 9.17) is 5.11 Å².